The van der Waals surface area contributed by atoms with E-state index >= 15 is 0 Å². The van der Waals surface area contributed by atoms with Crippen LogP contribution in [-0.2, 0) is 17.6 Å². The predicted octanol–water partition coefficient (Wildman–Crippen LogP) is 2.82. The zero-order chi connectivity index (χ0) is 10.6. The fraction of sp³-hybridized carbons (Fsp3) is 0.417. The second-order valence-electron chi connectivity index (χ2n) is 3.17. The number of methoxy groups -OCH3 is 1. The molecule has 1 heterocycles. The Morgan fingerprint density at radius 1 is 1.29 bits per heavy atom. The Balaban J connectivity index is 3.25. The molecule has 0 aliphatic carbocycles. The molecule has 1 aromatic heterocycles. The van der Waals surface area contributed by atoms with Crippen molar-refractivity contribution >= 4 is 5.76 Å². The molecule has 2 nitrogen and oxygen atoms in total. The first kappa shape index (κ1) is 10.8. The smallest absolute Gasteiger partial charge is 0.119 e. The fourth-order valence-electron chi connectivity index (χ4n) is 1.55. The SMILES string of the molecule is C=C(OC)c1c(CC)cncc1CC. The molecule has 14 heavy (non-hydrogen) atoms. The van der Waals surface area contributed by atoms with E-state index in [9.17, 15) is 0 Å². The third-order valence-corrected chi connectivity index (χ3v) is 2.39. The summed E-state index contributed by atoms with van der Waals surface area (Å²) in [6.45, 7) is 8.14. The Hall–Kier alpha value is -1.31. The number of pyridine rings is 1. The second kappa shape index (κ2) is 4.80. The number of aryl methyl sites for hydroxylation is 2. The minimum atomic E-state index is 0.737. The second-order valence-corrected chi connectivity index (χ2v) is 3.17. The summed E-state index contributed by atoms with van der Waals surface area (Å²) in [5.41, 5.74) is 3.54. The standard InChI is InChI=1S/C12H17NO/c1-5-10-7-13-8-11(6-2)12(10)9(3)14-4/h7-8H,3,5-6H2,1-2,4H3. The molecule has 76 valence electrons. The summed E-state index contributed by atoms with van der Waals surface area (Å²) in [5.74, 6) is 0.737. The maximum atomic E-state index is 5.20. The lowest BCUT2D eigenvalue weighted by Gasteiger charge is -2.13. The Morgan fingerprint density at radius 2 is 1.79 bits per heavy atom. The predicted molar refractivity (Wildman–Crippen MR) is 59.0 cm³/mol. The van der Waals surface area contributed by atoms with Crippen molar-refractivity contribution in [3.05, 3.63) is 35.7 Å². The van der Waals surface area contributed by atoms with E-state index in [1.807, 2.05) is 12.4 Å². The first-order valence-corrected chi connectivity index (χ1v) is 4.93. The number of aromatic nitrogens is 1. The van der Waals surface area contributed by atoms with Crippen LogP contribution < -0.4 is 0 Å². The lowest BCUT2D eigenvalue weighted by Crippen LogP contribution is -2.00. The molecule has 0 saturated heterocycles. The quantitative estimate of drug-likeness (QED) is 0.683. The van der Waals surface area contributed by atoms with Crippen molar-refractivity contribution in [1.82, 2.24) is 4.98 Å². The van der Waals surface area contributed by atoms with Gasteiger partial charge in [-0.1, -0.05) is 20.4 Å². The number of nitrogens with zero attached hydrogens (tertiary/aromatic N) is 1. The fourth-order valence-corrected chi connectivity index (χ4v) is 1.55. The van der Waals surface area contributed by atoms with E-state index in [0.29, 0.717) is 0 Å². The summed E-state index contributed by atoms with van der Waals surface area (Å²) < 4.78 is 5.20. The van der Waals surface area contributed by atoms with Crippen LogP contribution in [0.15, 0.2) is 19.0 Å². The Bertz CT molecular complexity index is 309. The Kier molecular flexibility index (Phi) is 3.69. The maximum Gasteiger partial charge on any atom is 0.119 e. The van der Waals surface area contributed by atoms with E-state index in [0.717, 1.165) is 24.2 Å². The number of hydrogen-bond acceptors (Lipinski definition) is 2. The van der Waals surface area contributed by atoms with Crippen LogP contribution in [0.4, 0.5) is 0 Å². The highest BCUT2D eigenvalue weighted by Crippen LogP contribution is 2.22. The van der Waals surface area contributed by atoms with Gasteiger partial charge >= 0.3 is 0 Å². The van der Waals surface area contributed by atoms with Gasteiger partial charge in [0, 0.05) is 18.0 Å². The number of rotatable bonds is 4. The summed E-state index contributed by atoms with van der Waals surface area (Å²) >= 11 is 0. The van der Waals surface area contributed by atoms with E-state index < -0.39 is 0 Å². The molecule has 0 aromatic carbocycles. The highest BCUT2D eigenvalue weighted by atomic mass is 16.5. The molecule has 0 aliphatic heterocycles. The minimum Gasteiger partial charge on any atom is -0.497 e. The van der Waals surface area contributed by atoms with Crippen molar-refractivity contribution in [3.63, 3.8) is 0 Å². The highest BCUT2D eigenvalue weighted by molar-refractivity contribution is 5.63. The molecule has 0 unspecified atom stereocenters. The van der Waals surface area contributed by atoms with Crippen molar-refractivity contribution in [3.8, 4) is 0 Å². The van der Waals surface area contributed by atoms with Crippen LogP contribution in [0, 0.1) is 0 Å². The minimum absolute atomic E-state index is 0.737. The van der Waals surface area contributed by atoms with Crippen molar-refractivity contribution in [2.45, 2.75) is 26.7 Å². The topological polar surface area (TPSA) is 22.1 Å². The van der Waals surface area contributed by atoms with E-state index in [1.165, 1.54) is 11.1 Å². The van der Waals surface area contributed by atoms with Gasteiger partial charge in [0.25, 0.3) is 0 Å². The van der Waals surface area contributed by atoms with Crippen molar-refractivity contribution in [1.29, 1.82) is 0 Å². The molecule has 0 atom stereocenters. The summed E-state index contributed by atoms with van der Waals surface area (Å²) in [6, 6.07) is 0. The first-order valence-electron chi connectivity index (χ1n) is 4.93. The third-order valence-electron chi connectivity index (χ3n) is 2.39. The van der Waals surface area contributed by atoms with Gasteiger partial charge in [0.2, 0.25) is 0 Å². The molecular weight excluding hydrogens is 174 g/mol. The monoisotopic (exact) mass is 191 g/mol. The van der Waals surface area contributed by atoms with Gasteiger partial charge in [-0.3, -0.25) is 4.98 Å². The Labute approximate surface area is 85.6 Å². The molecule has 0 spiro atoms. The lowest BCUT2D eigenvalue weighted by atomic mass is 10.00. The summed E-state index contributed by atoms with van der Waals surface area (Å²) in [5, 5.41) is 0. The van der Waals surface area contributed by atoms with Crippen LogP contribution in [0.3, 0.4) is 0 Å². The molecule has 0 radical (unpaired) electrons. The number of hydrogen-bond donors (Lipinski definition) is 0. The van der Waals surface area contributed by atoms with E-state index in [-0.39, 0.29) is 0 Å². The lowest BCUT2D eigenvalue weighted by molar-refractivity contribution is 0.370. The number of ether oxygens (including phenoxy) is 1. The first-order chi connectivity index (χ1) is 6.74. The van der Waals surface area contributed by atoms with Gasteiger partial charge in [0.15, 0.2) is 0 Å². The molecule has 0 N–H and O–H groups in total. The summed E-state index contributed by atoms with van der Waals surface area (Å²) in [6.07, 6.45) is 5.69. The van der Waals surface area contributed by atoms with E-state index in [2.05, 4.69) is 25.4 Å². The van der Waals surface area contributed by atoms with Crippen molar-refractivity contribution in [2.24, 2.45) is 0 Å². The van der Waals surface area contributed by atoms with Gasteiger partial charge in [-0.25, -0.2) is 0 Å². The van der Waals surface area contributed by atoms with Crippen molar-refractivity contribution in [2.75, 3.05) is 7.11 Å². The molecule has 2 heteroatoms. The van der Waals surface area contributed by atoms with Gasteiger partial charge in [0.05, 0.1) is 7.11 Å². The van der Waals surface area contributed by atoms with Crippen LogP contribution in [0.25, 0.3) is 5.76 Å². The van der Waals surface area contributed by atoms with E-state index in [4.69, 9.17) is 4.74 Å². The average Bonchev–Trinajstić information content (AvgIpc) is 2.26. The van der Waals surface area contributed by atoms with Gasteiger partial charge in [-0.15, -0.1) is 0 Å². The summed E-state index contributed by atoms with van der Waals surface area (Å²) in [4.78, 5) is 4.21. The molecule has 0 aliphatic rings. The van der Waals surface area contributed by atoms with Gasteiger partial charge < -0.3 is 4.74 Å². The van der Waals surface area contributed by atoms with Gasteiger partial charge in [0.1, 0.15) is 5.76 Å². The van der Waals surface area contributed by atoms with Gasteiger partial charge in [-0.05, 0) is 24.0 Å². The van der Waals surface area contributed by atoms with E-state index in [1.54, 1.807) is 7.11 Å². The largest absolute Gasteiger partial charge is 0.497 e. The molecule has 0 saturated carbocycles. The van der Waals surface area contributed by atoms with Crippen LogP contribution >= 0.6 is 0 Å². The van der Waals surface area contributed by atoms with Crippen LogP contribution in [0.5, 0.6) is 0 Å². The zero-order valence-electron chi connectivity index (χ0n) is 9.13. The van der Waals surface area contributed by atoms with Crippen LogP contribution in [0.1, 0.15) is 30.5 Å². The average molecular weight is 191 g/mol. The third kappa shape index (κ3) is 1.95. The molecule has 1 rings (SSSR count). The maximum absolute atomic E-state index is 5.20. The summed E-state index contributed by atoms with van der Waals surface area (Å²) in [7, 11) is 1.65. The van der Waals surface area contributed by atoms with Crippen molar-refractivity contribution < 1.29 is 4.74 Å². The van der Waals surface area contributed by atoms with Gasteiger partial charge in [-0.2, -0.15) is 0 Å². The Morgan fingerprint density at radius 3 is 2.14 bits per heavy atom. The zero-order valence-corrected chi connectivity index (χ0v) is 9.13. The molecular formula is C12H17NO. The molecule has 1 aromatic rings. The molecule has 0 amide bonds. The highest BCUT2D eigenvalue weighted by Gasteiger charge is 2.10. The molecule has 0 fully saturated rings. The normalized spacial score (nSPS) is 9.93. The van der Waals surface area contributed by atoms with Crippen LogP contribution in [0.2, 0.25) is 0 Å². The molecule has 0 bridgehead atoms. The van der Waals surface area contributed by atoms with Crippen LogP contribution in [-0.4, -0.2) is 12.1 Å².